The summed E-state index contributed by atoms with van der Waals surface area (Å²) in [5.74, 6) is 0.340. The molecule has 118 valence electrons. The number of amides is 3. The van der Waals surface area contributed by atoms with Gasteiger partial charge in [-0.05, 0) is 18.9 Å². The number of rotatable bonds is 1. The standard InChI is InChI=1S/C14H19N5O3/c1-17-8-10-9(13(17)21)4-3-7-19(10)14(22)15-11-5-6-12(20)18(2)16-11/h5-6,9-10H,3-4,7-8H2,1-2H3,(H,15,16,22)/t9-,10-/m1/s1. The molecule has 2 aliphatic heterocycles. The fraction of sp³-hybridized carbons (Fsp3) is 0.571. The molecular weight excluding hydrogens is 286 g/mol. The van der Waals surface area contributed by atoms with Crippen molar-refractivity contribution in [1.29, 1.82) is 0 Å². The molecule has 0 bridgehead atoms. The van der Waals surface area contributed by atoms with Crippen molar-refractivity contribution in [3.05, 3.63) is 22.5 Å². The lowest BCUT2D eigenvalue weighted by Gasteiger charge is -2.35. The van der Waals surface area contributed by atoms with Gasteiger partial charge in [-0.1, -0.05) is 0 Å². The Bertz CT molecular complexity index is 671. The summed E-state index contributed by atoms with van der Waals surface area (Å²) in [6, 6.07) is 2.48. The number of fused-ring (bicyclic) bond motifs is 1. The van der Waals surface area contributed by atoms with E-state index in [0.717, 1.165) is 12.8 Å². The zero-order valence-corrected chi connectivity index (χ0v) is 12.7. The second-order valence-electron chi connectivity index (χ2n) is 5.84. The highest BCUT2D eigenvalue weighted by atomic mass is 16.2. The molecule has 2 fully saturated rings. The molecule has 0 aliphatic carbocycles. The minimum absolute atomic E-state index is 0.0845. The number of anilines is 1. The molecule has 1 aromatic rings. The number of aryl methyl sites for hydroxylation is 1. The first-order valence-corrected chi connectivity index (χ1v) is 7.34. The van der Waals surface area contributed by atoms with Crippen LogP contribution in [0.5, 0.6) is 0 Å². The molecule has 3 amide bonds. The Labute approximate surface area is 127 Å². The number of likely N-dealkylation sites (tertiary alicyclic amines) is 2. The molecule has 1 N–H and O–H groups in total. The largest absolute Gasteiger partial charge is 0.343 e. The summed E-state index contributed by atoms with van der Waals surface area (Å²) in [6.45, 7) is 1.19. The van der Waals surface area contributed by atoms with Crippen molar-refractivity contribution in [3.8, 4) is 0 Å². The predicted octanol–water partition coefficient (Wildman–Crippen LogP) is -0.135. The van der Waals surface area contributed by atoms with Crippen LogP contribution < -0.4 is 10.9 Å². The Morgan fingerprint density at radius 2 is 2.09 bits per heavy atom. The van der Waals surface area contributed by atoms with E-state index in [-0.39, 0.29) is 29.5 Å². The van der Waals surface area contributed by atoms with Crippen molar-refractivity contribution in [2.24, 2.45) is 13.0 Å². The Morgan fingerprint density at radius 3 is 2.82 bits per heavy atom. The fourth-order valence-corrected chi connectivity index (χ4v) is 3.23. The van der Waals surface area contributed by atoms with Crippen molar-refractivity contribution in [2.75, 3.05) is 25.5 Å². The maximum absolute atomic E-state index is 12.5. The van der Waals surface area contributed by atoms with E-state index in [1.54, 1.807) is 16.8 Å². The maximum atomic E-state index is 12.5. The molecule has 1 aromatic heterocycles. The first kappa shape index (κ1) is 14.6. The van der Waals surface area contributed by atoms with E-state index in [1.807, 2.05) is 0 Å². The smallest absolute Gasteiger partial charge is 0.323 e. The Morgan fingerprint density at radius 1 is 1.32 bits per heavy atom. The van der Waals surface area contributed by atoms with Crippen LogP contribution in [0.25, 0.3) is 0 Å². The van der Waals surface area contributed by atoms with Crippen LogP contribution in [0.1, 0.15) is 12.8 Å². The summed E-state index contributed by atoms with van der Waals surface area (Å²) < 4.78 is 1.17. The zero-order chi connectivity index (χ0) is 15.9. The monoisotopic (exact) mass is 305 g/mol. The quantitative estimate of drug-likeness (QED) is 0.782. The third-order valence-corrected chi connectivity index (χ3v) is 4.39. The molecule has 0 radical (unpaired) electrons. The highest BCUT2D eigenvalue weighted by Crippen LogP contribution is 2.31. The average Bonchev–Trinajstić information content (AvgIpc) is 2.78. The van der Waals surface area contributed by atoms with Crippen molar-refractivity contribution >= 4 is 17.8 Å². The number of hydrogen-bond donors (Lipinski definition) is 1. The summed E-state index contributed by atoms with van der Waals surface area (Å²) in [6.07, 6.45) is 1.64. The summed E-state index contributed by atoms with van der Waals surface area (Å²) in [7, 11) is 3.30. The number of piperidine rings is 1. The lowest BCUT2D eigenvalue weighted by molar-refractivity contribution is -0.130. The number of urea groups is 1. The number of likely N-dealkylation sites (N-methyl/N-ethyl adjacent to an activating group) is 1. The highest BCUT2D eigenvalue weighted by molar-refractivity contribution is 5.90. The van der Waals surface area contributed by atoms with Gasteiger partial charge in [-0.25, -0.2) is 9.48 Å². The van der Waals surface area contributed by atoms with E-state index in [4.69, 9.17) is 0 Å². The summed E-state index contributed by atoms with van der Waals surface area (Å²) in [5.41, 5.74) is -0.237. The molecule has 2 atom stereocenters. The second-order valence-corrected chi connectivity index (χ2v) is 5.84. The third-order valence-electron chi connectivity index (χ3n) is 4.39. The normalized spacial score (nSPS) is 24.4. The minimum atomic E-state index is -0.274. The van der Waals surface area contributed by atoms with Crippen molar-refractivity contribution < 1.29 is 9.59 Å². The fourth-order valence-electron chi connectivity index (χ4n) is 3.23. The number of carbonyl (C=O) groups excluding carboxylic acids is 2. The first-order chi connectivity index (χ1) is 10.5. The van der Waals surface area contributed by atoms with E-state index in [0.29, 0.717) is 18.9 Å². The van der Waals surface area contributed by atoms with Gasteiger partial charge in [-0.15, -0.1) is 0 Å². The van der Waals surface area contributed by atoms with Crippen LogP contribution in [0, 0.1) is 5.92 Å². The van der Waals surface area contributed by atoms with E-state index < -0.39 is 0 Å². The average molecular weight is 305 g/mol. The van der Waals surface area contributed by atoms with Crippen molar-refractivity contribution in [3.63, 3.8) is 0 Å². The number of nitrogens with one attached hydrogen (secondary N) is 1. The van der Waals surface area contributed by atoms with Crippen LogP contribution in [0.4, 0.5) is 10.6 Å². The van der Waals surface area contributed by atoms with Gasteiger partial charge in [0.05, 0.1) is 12.0 Å². The van der Waals surface area contributed by atoms with Crippen molar-refractivity contribution in [1.82, 2.24) is 19.6 Å². The molecule has 8 heteroatoms. The molecule has 2 aliphatic rings. The van der Waals surface area contributed by atoms with Gasteiger partial charge in [-0.2, -0.15) is 5.10 Å². The SMILES string of the molecule is CN1C[C@@H]2[C@@H](CCCN2C(=O)Nc2ccc(=O)n(C)n2)C1=O. The Kier molecular flexibility index (Phi) is 3.59. The number of hydrogen-bond acceptors (Lipinski definition) is 4. The molecule has 3 rings (SSSR count). The highest BCUT2D eigenvalue weighted by Gasteiger charge is 2.45. The molecule has 8 nitrogen and oxygen atoms in total. The van der Waals surface area contributed by atoms with Gasteiger partial charge in [0.25, 0.3) is 5.56 Å². The van der Waals surface area contributed by atoms with Gasteiger partial charge >= 0.3 is 6.03 Å². The topological polar surface area (TPSA) is 87.5 Å². The maximum Gasteiger partial charge on any atom is 0.323 e. The van der Waals surface area contributed by atoms with Crippen LogP contribution in [0.15, 0.2) is 16.9 Å². The molecule has 22 heavy (non-hydrogen) atoms. The molecule has 0 unspecified atom stereocenters. The number of nitrogens with zero attached hydrogens (tertiary/aromatic N) is 4. The molecule has 2 saturated heterocycles. The van der Waals surface area contributed by atoms with Gasteiger partial charge in [0.1, 0.15) is 0 Å². The summed E-state index contributed by atoms with van der Waals surface area (Å²) >= 11 is 0. The molecule has 0 spiro atoms. The van der Waals surface area contributed by atoms with Gasteiger partial charge in [0.2, 0.25) is 5.91 Å². The lowest BCUT2D eigenvalue weighted by atomic mass is 9.92. The van der Waals surface area contributed by atoms with Crippen LogP contribution in [0.3, 0.4) is 0 Å². The Hall–Kier alpha value is -2.38. The van der Waals surface area contributed by atoms with E-state index in [1.165, 1.54) is 23.9 Å². The Balaban J connectivity index is 1.75. The van der Waals surface area contributed by atoms with E-state index >= 15 is 0 Å². The van der Waals surface area contributed by atoms with E-state index in [9.17, 15) is 14.4 Å². The lowest BCUT2D eigenvalue weighted by Crippen LogP contribution is -2.50. The van der Waals surface area contributed by atoms with Crippen LogP contribution in [-0.2, 0) is 11.8 Å². The molecule has 0 saturated carbocycles. The summed E-state index contributed by atoms with van der Waals surface area (Å²) in [5, 5.41) is 6.70. The zero-order valence-electron chi connectivity index (χ0n) is 12.7. The van der Waals surface area contributed by atoms with Crippen LogP contribution in [-0.4, -0.2) is 57.7 Å². The summed E-state index contributed by atoms with van der Waals surface area (Å²) in [4.78, 5) is 39.3. The van der Waals surface area contributed by atoms with Gasteiger partial charge < -0.3 is 9.80 Å². The predicted molar refractivity (Wildman–Crippen MR) is 79.4 cm³/mol. The molecule has 0 aromatic carbocycles. The second kappa shape index (κ2) is 5.43. The van der Waals surface area contributed by atoms with Crippen LogP contribution >= 0.6 is 0 Å². The van der Waals surface area contributed by atoms with Gasteiger partial charge in [0.15, 0.2) is 5.82 Å². The molecular formula is C14H19N5O3. The van der Waals surface area contributed by atoms with Gasteiger partial charge in [-0.3, -0.25) is 14.9 Å². The number of aromatic nitrogens is 2. The van der Waals surface area contributed by atoms with E-state index in [2.05, 4.69) is 10.4 Å². The third kappa shape index (κ3) is 2.44. The van der Waals surface area contributed by atoms with Crippen LogP contribution in [0.2, 0.25) is 0 Å². The minimum Gasteiger partial charge on any atom is -0.343 e. The van der Waals surface area contributed by atoms with Crippen molar-refractivity contribution in [2.45, 2.75) is 18.9 Å². The first-order valence-electron chi connectivity index (χ1n) is 7.34. The number of carbonyl (C=O) groups is 2. The van der Waals surface area contributed by atoms with Gasteiger partial charge in [0, 0.05) is 33.3 Å². The molecule has 3 heterocycles.